The molecule has 0 radical (unpaired) electrons. The van der Waals surface area contributed by atoms with Crippen molar-refractivity contribution in [2.75, 3.05) is 6.17 Å². The number of rotatable bonds is 7. The average molecular weight is 340 g/mol. The lowest BCUT2D eigenvalue weighted by Crippen LogP contribution is -2.55. The molecule has 1 aliphatic carbocycles. The third-order valence-corrected chi connectivity index (χ3v) is 14.1. The second-order valence-electron chi connectivity index (χ2n) is 9.15. The minimum atomic E-state index is -1.52. The maximum absolute atomic E-state index is 12.7. The Labute approximate surface area is 146 Å². The molecule has 3 heteroatoms. The highest BCUT2D eigenvalue weighted by Gasteiger charge is 2.43. The quantitative estimate of drug-likeness (QED) is 0.585. The Morgan fingerprint density at radius 3 is 1.65 bits per heavy atom. The molecule has 0 bridgehead atoms. The van der Waals surface area contributed by atoms with Crippen LogP contribution in [0.1, 0.15) is 81.1 Å². The lowest BCUT2D eigenvalue weighted by molar-refractivity contribution is -0.126. The van der Waals surface area contributed by atoms with Crippen LogP contribution in [0, 0.1) is 17.8 Å². The molecule has 0 spiro atoms. The number of carbonyl (C=O) groups is 1. The second-order valence-corrected chi connectivity index (χ2v) is 15.2. The molecule has 0 unspecified atom stereocenters. The van der Waals surface area contributed by atoms with Gasteiger partial charge in [0.15, 0.2) is 0 Å². The third kappa shape index (κ3) is 4.84. The van der Waals surface area contributed by atoms with Crippen LogP contribution in [0.3, 0.4) is 0 Å². The highest BCUT2D eigenvalue weighted by Crippen LogP contribution is 2.41. The summed E-state index contributed by atoms with van der Waals surface area (Å²) in [6.07, 6.45) is 5.61. The van der Waals surface area contributed by atoms with Crippen LogP contribution in [0.4, 0.5) is 0 Å². The zero-order chi connectivity index (χ0) is 17.8. The van der Waals surface area contributed by atoms with Gasteiger partial charge in [-0.25, -0.2) is 0 Å². The van der Waals surface area contributed by atoms with Crippen LogP contribution in [-0.2, 0) is 4.79 Å². The fourth-order valence-corrected chi connectivity index (χ4v) is 10.8. The van der Waals surface area contributed by atoms with Crippen molar-refractivity contribution in [2.45, 2.75) is 97.7 Å². The Morgan fingerprint density at radius 2 is 1.30 bits per heavy atom. The Hall–Kier alpha value is -0.313. The molecule has 0 aromatic heterocycles. The van der Waals surface area contributed by atoms with E-state index in [-0.39, 0.29) is 5.92 Å². The van der Waals surface area contributed by atoms with E-state index in [2.05, 4.69) is 60.7 Å². The summed E-state index contributed by atoms with van der Waals surface area (Å²) in [6.45, 7) is 18.8. The molecule has 0 aromatic carbocycles. The molecular weight excluding hydrogens is 298 g/mol. The van der Waals surface area contributed by atoms with Crippen LogP contribution < -0.4 is 5.32 Å². The molecule has 2 nitrogen and oxygen atoms in total. The highest BCUT2D eigenvalue weighted by molar-refractivity contribution is 6.83. The largest absolute Gasteiger partial charge is 0.359 e. The summed E-state index contributed by atoms with van der Waals surface area (Å²) in [4.78, 5) is 12.7. The average Bonchev–Trinajstić information content (AvgIpc) is 2.46. The van der Waals surface area contributed by atoms with Crippen LogP contribution in [0.25, 0.3) is 0 Å². The van der Waals surface area contributed by atoms with Crippen molar-refractivity contribution in [2.24, 2.45) is 17.8 Å². The predicted octanol–water partition coefficient (Wildman–Crippen LogP) is 5.78. The summed E-state index contributed by atoms with van der Waals surface area (Å²) in [6, 6.07) is 0. The molecule has 1 N–H and O–H groups in total. The molecule has 0 aliphatic heterocycles. The van der Waals surface area contributed by atoms with E-state index in [0.717, 1.165) is 30.8 Å². The lowest BCUT2D eigenvalue weighted by Gasteiger charge is -2.43. The van der Waals surface area contributed by atoms with Gasteiger partial charge in [0.05, 0.1) is 8.07 Å². The first-order chi connectivity index (χ1) is 10.6. The van der Waals surface area contributed by atoms with Crippen molar-refractivity contribution in [3.05, 3.63) is 0 Å². The second kappa shape index (κ2) is 8.69. The Bertz CT molecular complexity index is 346. The summed E-state index contributed by atoms with van der Waals surface area (Å²) in [5, 5.41) is 3.40. The predicted molar refractivity (Wildman–Crippen MR) is 104 cm³/mol. The molecule has 136 valence electrons. The van der Waals surface area contributed by atoms with Crippen LogP contribution in [-0.4, -0.2) is 20.1 Å². The summed E-state index contributed by atoms with van der Waals surface area (Å²) >= 11 is 0. The minimum Gasteiger partial charge on any atom is -0.359 e. The number of hydrogen-bond acceptors (Lipinski definition) is 1. The zero-order valence-electron chi connectivity index (χ0n) is 16.9. The summed E-state index contributed by atoms with van der Waals surface area (Å²) < 4.78 is 0. The summed E-state index contributed by atoms with van der Waals surface area (Å²) in [7, 11) is -1.52. The van der Waals surface area contributed by atoms with Gasteiger partial charge in [-0.3, -0.25) is 4.79 Å². The summed E-state index contributed by atoms with van der Waals surface area (Å²) in [5.74, 6) is 2.20. The maximum Gasteiger partial charge on any atom is 0.222 e. The lowest BCUT2D eigenvalue weighted by atomic mass is 9.77. The first-order valence-electron chi connectivity index (χ1n) is 9.90. The number of carbonyl (C=O) groups excluding carboxylic acids is 1. The topological polar surface area (TPSA) is 29.1 Å². The number of amides is 1. The van der Waals surface area contributed by atoms with Gasteiger partial charge in [-0.1, -0.05) is 55.4 Å². The number of hydrogen-bond donors (Lipinski definition) is 1. The Balaban J connectivity index is 2.63. The van der Waals surface area contributed by atoms with E-state index in [0.29, 0.717) is 22.5 Å². The van der Waals surface area contributed by atoms with E-state index in [9.17, 15) is 4.79 Å². The van der Waals surface area contributed by atoms with E-state index in [1.165, 1.54) is 12.8 Å². The Morgan fingerprint density at radius 1 is 0.870 bits per heavy atom. The fraction of sp³-hybridized carbons (Fsp3) is 0.950. The third-order valence-electron chi connectivity index (χ3n) is 6.88. The van der Waals surface area contributed by atoms with E-state index < -0.39 is 8.07 Å². The van der Waals surface area contributed by atoms with E-state index in [1.807, 2.05) is 0 Å². The molecule has 0 aromatic rings. The van der Waals surface area contributed by atoms with Gasteiger partial charge in [-0.2, -0.15) is 0 Å². The zero-order valence-corrected chi connectivity index (χ0v) is 17.9. The fourth-order valence-electron chi connectivity index (χ4n) is 5.04. The van der Waals surface area contributed by atoms with Crippen molar-refractivity contribution >= 4 is 14.0 Å². The van der Waals surface area contributed by atoms with Crippen LogP contribution in [0.5, 0.6) is 0 Å². The standard InChI is InChI=1S/C20H41NOSi/c1-14(2)18-9-11-19(12-10-18)20(22)21-13-23(15(3)4,16(5)6)17(7)8/h14-19H,9-13H2,1-8H3,(H,21,22). The first kappa shape index (κ1) is 20.7. The molecule has 0 atom stereocenters. The molecule has 1 amide bonds. The van der Waals surface area contributed by atoms with Crippen molar-refractivity contribution in [1.82, 2.24) is 5.32 Å². The first-order valence-corrected chi connectivity index (χ1v) is 12.3. The number of nitrogens with one attached hydrogen (secondary N) is 1. The van der Waals surface area contributed by atoms with E-state index >= 15 is 0 Å². The van der Waals surface area contributed by atoms with Crippen LogP contribution in [0.15, 0.2) is 0 Å². The molecule has 1 rings (SSSR count). The molecule has 23 heavy (non-hydrogen) atoms. The van der Waals surface area contributed by atoms with Crippen molar-refractivity contribution in [1.29, 1.82) is 0 Å². The van der Waals surface area contributed by atoms with Crippen molar-refractivity contribution < 1.29 is 4.79 Å². The molecule has 1 fully saturated rings. The molecule has 0 heterocycles. The highest BCUT2D eigenvalue weighted by atomic mass is 28.3. The summed E-state index contributed by atoms with van der Waals surface area (Å²) in [5.41, 5.74) is 2.12. The smallest absolute Gasteiger partial charge is 0.222 e. The molecular formula is C20H41NOSi. The van der Waals surface area contributed by atoms with E-state index in [4.69, 9.17) is 0 Å². The SMILES string of the molecule is CC(C)C1CCC(C(=O)NC[Si](C(C)C)(C(C)C)C(C)C)CC1. The normalized spacial score (nSPS) is 23.1. The van der Waals surface area contributed by atoms with Gasteiger partial charge in [0.25, 0.3) is 0 Å². The van der Waals surface area contributed by atoms with Gasteiger partial charge in [-0.15, -0.1) is 0 Å². The van der Waals surface area contributed by atoms with Crippen molar-refractivity contribution in [3.63, 3.8) is 0 Å². The Kier molecular flexibility index (Phi) is 7.83. The van der Waals surface area contributed by atoms with Gasteiger partial charge in [0.1, 0.15) is 0 Å². The van der Waals surface area contributed by atoms with Gasteiger partial charge in [0.2, 0.25) is 5.91 Å². The van der Waals surface area contributed by atoms with Gasteiger partial charge < -0.3 is 5.32 Å². The van der Waals surface area contributed by atoms with Crippen LogP contribution >= 0.6 is 0 Å². The molecule has 1 aliphatic rings. The maximum atomic E-state index is 12.7. The van der Waals surface area contributed by atoms with Gasteiger partial charge >= 0.3 is 0 Å². The van der Waals surface area contributed by atoms with Crippen molar-refractivity contribution in [3.8, 4) is 0 Å². The molecule has 0 saturated heterocycles. The van der Waals surface area contributed by atoms with Gasteiger partial charge in [-0.05, 0) is 54.1 Å². The molecule has 1 saturated carbocycles. The van der Waals surface area contributed by atoms with Crippen LogP contribution in [0.2, 0.25) is 16.6 Å². The van der Waals surface area contributed by atoms with E-state index in [1.54, 1.807) is 0 Å². The monoisotopic (exact) mass is 339 g/mol. The van der Waals surface area contributed by atoms with Gasteiger partial charge in [0, 0.05) is 12.1 Å². The minimum absolute atomic E-state index is 0.267.